The van der Waals surface area contributed by atoms with Crippen molar-refractivity contribution in [3.05, 3.63) is 65.4 Å². The molecule has 1 aromatic heterocycles. The first-order valence-corrected chi connectivity index (χ1v) is 15.2. The Morgan fingerprint density at radius 1 is 1.19 bits per heavy atom. The number of hydrogen-bond acceptors (Lipinski definition) is 8. The van der Waals surface area contributed by atoms with Crippen LogP contribution in [0.3, 0.4) is 0 Å². The van der Waals surface area contributed by atoms with Gasteiger partial charge in [0.1, 0.15) is 19.1 Å². The van der Waals surface area contributed by atoms with Gasteiger partial charge >= 0.3 is 6.01 Å². The number of rotatable bonds is 8. The Bertz CT molecular complexity index is 1540. The van der Waals surface area contributed by atoms with Crippen molar-refractivity contribution in [3.63, 3.8) is 0 Å². The second-order valence-electron chi connectivity index (χ2n) is 11.5. The molecule has 0 aliphatic carbocycles. The zero-order valence-electron chi connectivity index (χ0n) is 24.6. The lowest BCUT2D eigenvalue weighted by atomic mass is 9.99. The standard InChI is InChI=1S/C33H38FN7O2/c1-23-6-2-7-24-8-3-10-29(31(23)24)39-17-13-27-28(21-39)37-33(43-22-25-9-5-16-36-25)38-32(27)40-18-19-41(26(20-40)12-15-35)30(42)11-4-14-34/h2-4,6-8,10-11,25-26,36H,5,9,12-14,16-22H2,1H3/b11-4+/t25-,26-/m0/s1. The van der Waals surface area contributed by atoms with Crippen LogP contribution < -0.4 is 19.9 Å². The van der Waals surface area contributed by atoms with Crippen LogP contribution in [0.4, 0.5) is 15.9 Å². The maximum Gasteiger partial charge on any atom is 0.318 e. The molecule has 2 atom stereocenters. The third-order valence-electron chi connectivity index (χ3n) is 8.77. The molecule has 2 aromatic carbocycles. The topological polar surface area (TPSA) is 97.6 Å². The van der Waals surface area contributed by atoms with E-state index in [1.54, 1.807) is 4.90 Å². The van der Waals surface area contributed by atoms with Gasteiger partial charge in [-0.05, 0) is 55.8 Å². The first-order valence-electron chi connectivity index (χ1n) is 15.2. The van der Waals surface area contributed by atoms with E-state index < -0.39 is 6.67 Å². The predicted octanol–water partition coefficient (Wildman–Crippen LogP) is 4.09. The third kappa shape index (κ3) is 6.13. The largest absolute Gasteiger partial charge is 0.462 e. The van der Waals surface area contributed by atoms with Crippen molar-refractivity contribution in [2.24, 2.45) is 0 Å². The number of alkyl halides is 1. The molecule has 10 heteroatoms. The number of nitrogens with one attached hydrogen (secondary N) is 1. The van der Waals surface area contributed by atoms with Crippen molar-refractivity contribution >= 4 is 28.2 Å². The minimum absolute atomic E-state index is 0.184. The van der Waals surface area contributed by atoms with Gasteiger partial charge in [-0.1, -0.05) is 30.3 Å². The van der Waals surface area contributed by atoms with Crippen molar-refractivity contribution in [3.8, 4) is 12.1 Å². The summed E-state index contributed by atoms with van der Waals surface area (Å²) in [5.41, 5.74) is 4.47. The number of carbonyl (C=O) groups is 1. The maximum absolute atomic E-state index is 12.8. The minimum Gasteiger partial charge on any atom is -0.462 e. The van der Waals surface area contributed by atoms with Crippen molar-refractivity contribution < 1.29 is 13.9 Å². The summed E-state index contributed by atoms with van der Waals surface area (Å²) in [5, 5.41) is 15.5. The van der Waals surface area contributed by atoms with Crippen LogP contribution in [0.15, 0.2) is 48.6 Å². The van der Waals surface area contributed by atoms with Crippen molar-refractivity contribution in [1.29, 1.82) is 5.26 Å². The molecule has 43 heavy (non-hydrogen) atoms. The molecule has 224 valence electrons. The van der Waals surface area contributed by atoms with Crippen LogP contribution in [0.5, 0.6) is 6.01 Å². The molecule has 0 saturated carbocycles. The quantitative estimate of drug-likeness (QED) is 0.396. The number of nitriles is 1. The summed E-state index contributed by atoms with van der Waals surface area (Å²) in [6.45, 7) is 5.83. The molecule has 2 fully saturated rings. The summed E-state index contributed by atoms with van der Waals surface area (Å²) in [6, 6.07) is 15.4. The second kappa shape index (κ2) is 13.0. The Morgan fingerprint density at radius 3 is 2.84 bits per heavy atom. The highest BCUT2D eigenvalue weighted by Gasteiger charge is 2.33. The summed E-state index contributed by atoms with van der Waals surface area (Å²) >= 11 is 0. The van der Waals surface area contributed by atoms with Crippen LogP contribution in [0.2, 0.25) is 0 Å². The highest BCUT2D eigenvalue weighted by atomic mass is 19.1. The van der Waals surface area contributed by atoms with E-state index in [4.69, 9.17) is 14.7 Å². The molecule has 0 bridgehead atoms. The number of ether oxygens (including phenoxy) is 1. The van der Waals surface area contributed by atoms with Crippen LogP contribution in [-0.2, 0) is 17.8 Å². The predicted molar refractivity (Wildman–Crippen MR) is 165 cm³/mol. The van der Waals surface area contributed by atoms with Gasteiger partial charge in [0.25, 0.3) is 0 Å². The van der Waals surface area contributed by atoms with E-state index >= 15 is 0 Å². The van der Waals surface area contributed by atoms with E-state index in [1.165, 1.54) is 34.2 Å². The van der Waals surface area contributed by atoms with E-state index in [0.717, 1.165) is 49.4 Å². The highest BCUT2D eigenvalue weighted by molar-refractivity contribution is 5.97. The van der Waals surface area contributed by atoms with Gasteiger partial charge in [-0.2, -0.15) is 15.2 Å². The van der Waals surface area contributed by atoms with Gasteiger partial charge in [0.2, 0.25) is 5.91 Å². The smallest absolute Gasteiger partial charge is 0.318 e. The molecule has 3 aliphatic heterocycles. The lowest BCUT2D eigenvalue weighted by Crippen LogP contribution is -2.55. The second-order valence-corrected chi connectivity index (χ2v) is 11.5. The SMILES string of the molecule is Cc1cccc2cccc(N3CCc4c(nc(OC[C@@H]5CCCN5)nc4N4CCN(C(=O)/C=C/CF)[C@@H](CC#N)C4)C3)c12. The Morgan fingerprint density at radius 2 is 2.05 bits per heavy atom. The van der Waals surface area contributed by atoms with Crippen molar-refractivity contribution in [2.45, 2.75) is 51.2 Å². The first kappa shape index (κ1) is 28.9. The number of halogens is 1. The Labute approximate surface area is 251 Å². The number of anilines is 2. The summed E-state index contributed by atoms with van der Waals surface area (Å²) in [4.78, 5) is 28.9. The Balaban J connectivity index is 1.32. The summed E-state index contributed by atoms with van der Waals surface area (Å²) in [5.74, 6) is 0.554. The van der Waals surface area contributed by atoms with Crippen molar-refractivity contribution in [1.82, 2.24) is 20.2 Å². The number of aromatic nitrogens is 2. The van der Waals surface area contributed by atoms with E-state index in [-0.39, 0.29) is 24.4 Å². The molecule has 1 amide bonds. The lowest BCUT2D eigenvalue weighted by molar-refractivity contribution is -0.128. The van der Waals surface area contributed by atoms with Gasteiger partial charge < -0.3 is 24.8 Å². The van der Waals surface area contributed by atoms with E-state index in [0.29, 0.717) is 38.8 Å². The van der Waals surface area contributed by atoms with Crippen molar-refractivity contribution in [2.75, 3.05) is 55.8 Å². The number of nitrogens with zero attached hydrogens (tertiary/aromatic N) is 6. The molecule has 9 nitrogen and oxygen atoms in total. The molecule has 2 saturated heterocycles. The fraction of sp³-hybridized carbons (Fsp3) is 0.455. The van der Waals surface area contributed by atoms with Gasteiger partial charge in [-0.25, -0.2) is 4.39 Å². The molecule has 3 aliphatic rings. The molecule has 4 heterocycles. The number of hydrogen-bond donors (Lipinski definition) is 1. The molecule has 0 radical (unpaired) electrons. The molecular weight excluding hydrogens is 545 g/mol. The van der Waals surface area contributed by atoms with Gasteiger partial charge in [-0.15, -0.1) is 0 Å². The summed E-state index contributed by atoms with van der Waals surface area (Å²) < 4.78 is 18.9. The molecule has 0 spiro atoms. The van der Waals surface area contributed by atoms with Gasteiger partial charge in [0.15, 0.2) is 0 Å². The normalized spacial score (nSPS) is 20.4. The number of allylic oxidation sites excluding steroid dienone is 1. The molecular formula is C33H38FN7O2. The monoisotopic (exact) mass is 583 g/mol. The zero-order valence-corrected chi connectivity index (χ0v) is 24.6. The van der Waals surface area contributed by atoms with E-state index in [2.05, 4.69) is 64.5 Å². The fourth-order valence-corrected chi connectivity index (χ4v) is 6.62. The van der Waals surface area contributed by atoms with Crippen LogP contribution in [0.25, 0.3) is 10.8 Å². The van der Waals surface area contributed by atoms with Gasteiger partial charge in [0, 0.05) is 54.9 Å². The minimum atomic E-state index is -0.698. The number of aryl methyl sites for hydroxylation is 1. The summed E-state index contributed by atoms with van der Waals surface area (Å²) in [7, 11) is 0. The average molecular weight is 584 g/mol. The van der Waals surface area contributed by atoms with Crippen LogP contribution in [0.1, 0.15) is 36.1 Å². The number of carbonyl (C=O) groups excluding carboxylic acids is 1. The number of amides is 1. The third-order valence-corrected chi connectivity index (χ3v) is 8.77. The highest BCUT2D eigenvalue weighted by Crippen LogP contribution is 2.36. The van der Waals surface area contributed by atoms with Gasteiger partial charge in [0.05, 0.1) is 30.8 Å². The average Bonchev–Trinajstić information content (AvgIpc) is 3.56. The molecule has 3 aromatic rings. The Kier molecular flexibility index (Phi) is 8.70. The zero-order chi connectivity index (χ0) is 29.8. The molecule has 6 rings (SSSR count). The molecule has 1 N–H and O–H groups in total. The van der Waals surface area contributed by atoms with E-state index in [1.807, 2.05) is 0 Å². The van der Waals surface area contributed by atoms with Crippen LogP contribution >= 0.6 is 0 Å². The number of piperazine rings is 1. The summed E-state index contributed by atoms with van der Waals surface area (Å²) in [6.07, 6.45) is 5.62. The van der Waals surface area contributed by atoms with Crippen LogP contribution in [-0.4, -0.2) is 78.9 Å². The lowest BCUT2D eigenvalue weighted by Gasteiger charge is -2.42. The maximum atomic E-state index is 12.8. The fourth-order valence-electron chi connectivity index (χ4n) is 6.62. The number of benzene rings is 2. The first-order chi connectivity index (χ1) is 21.1. The molecule has 0 unspecified atom stereocenters. The van der Waals surface area contributed by atoms with E-state index in [9.17, 15) is 14.4 Å². The Hall–Kier alpha value is -4.23. The van der Waals surface area contributed by atoms with Crippen LogP contribution in [0, 0.1) is 18.3 Å². The number of fused-ring (bicyclic) bond motifs is 2. The van der Waals surface area contributed by atoms with Gasteiger partial charge in [-0.3, -0.25) is 4.79 Å².